The summed E-state index contributed by atoms with van der Waals surface area (Å²) in [6.07, 6.45) is 3.04. The second-order valence-corrected chi connectivity index (χ2v) is 10.5. The second-order valence-electron chi connectivity index (χ2n) is 10.5. The first-order chi connectivity index (χ1) is 19.4. The lowest BCUT2D eigenvalue weighted by Gasteiger charge is -2.40. The van der Waals surface area contributed by atoms with E-state index in [1.54, 1.807) is 24.3 Å². The van der Waals surface area contributed by atoms with Crippen LogP contribution in [-0.2, 0) is 34.9 Å². The SMILES string of the molecule is CC(C)CC(NC(=O)C(Cc1ccccc1)NC(=O)c1cnccn1)B1OC(=O)C[C@](CC(=O)O)(C(=O)N(C)C)O1. The molecule has 218 valence electrons. The van der Waals surface area contributed by atoms with E-state index in [0.29, 0.717) is 0 Å². The van der Waals surface area contributed by atoms with Crippen LogP contribution in [0.4, 0.5) is 0 Å². The molecule has 2 aromatic rings. The summed E-state index contributed by atoms with van der Waals surface area (Å²) in [4.78, 5) is 73.1. The van der Waals surface area contributed by atoms with Crippen molar-refractivity contribution in [3.63, 3.8) is 0 Å². The molecule has 41 heavy (non-hydrogen) atoms. The van der Waals surface area contributed by atoms with Crippen molar-refractivity contribution in [3.05, 3.63) is 60.2 Å². The van der Waals surface area contributed by atoms with E-state index in [4.69, 9.17) is 9.31 Å². The highest BCUT2D eigenvalue weighted by atomic mass is 16.6. The van der Waals surface area contributed by atoms with Gasteiger partial charge in [-0.05, 0) is 17.9 Å². The van der Waals surface area contributed by atoms with Gasteiger partial charge in [0.2, 0.25) is 5.91 Å². The van der Waals surface area contributed by atoms with Gasteiger partial charge in [-0.3, -0.25) is 29.0 Å². The number of amides is 3. The fourth-order valence-corrected chi connectivity index (χ4v) is 4.55. The molecule has 3 N–H and O–H groups in total. The zero-order chi connectivity index (χ0) is 30.2. The smallest absolute Gasteiger partial charge is 0.508 e. The maximum Gasteiger partial charge on any atom is 0.552 e. The van der Waals surface area contributed by atoms with Crippen LogP contribution in [0.2, 0.25) is 0 Å². The predicted octanol–water partition coefficient (Wildman–Crippen LogP) is 0.641. The number of nitrogens with one attached hydrogen (secondary N) is 2. The number of carboxylic acids is 1. The fourth-order valence-electron chi connectivity index (χ4n) is 4.55. The largest absolute Gasteiger partial charge is 0.552 e. The van der Waals surface area contributed by atoms with Crippen molar-refractivity contribution in [2.75, 3.05) is 14.1 Å². The average Bonchev–Trinajstić information content (AvgIpc) is 2.91. The van der Waals surface area contributed by atoms with Gasteiger partial charge in [-0.1, -0.05) is 44.2 Å². The minimum absolute atomic E-state index is 0.0160. The first-order valence-corrected chi connectivity index (χ1v) is 13.1. The number of hydrogen-bond donors (Lipinski definition) is 3. The Labute approximate surface area is 238 Å². The number of likely N-dealkylation sites (N-methyl/N-ethyl adjacent to an activating group) is 1. The van der Waals surface area contributed by atoms with Gasteiger partial charge in [0.15, 0.2) is 5.60 Å². The molecule has 2 unspecified atom stereocenters. The molecule has 0 radical (unpaired) electrons. The van der Waals surface area contributed by atoms with Gasteiger partial charge in [-0.15, -0.1) is 0 Å². The van der Waals surface area contributed by atoms with Crippen molar-refractivity contribution in [3.8, 4) is 0 Å². The standard InChI is InChI=1S/C27H34BN5O8/c1-17(2)12-21(28-40-23(36)15-27(41-28,14-22(34)35)26(39)33(3)4)32-24(37)19(13-18-8-6-5-7-9-18)31-25(38)20-16-29-10-11-30-20/h5-11,16-17,19,21H,12-15H2,1-4H3,(H,31,38)(H,32,37)(H,34,35)/t19?,21?,27-/m1/s1. The number of benzene rings is 1. The Morgan fingerprint density at radius 1 is 1.12 bits per heavy atom. The lowest BCUT2D eigenvalue weighted by Crippen LogP contribution is -2.64. The van der Waals surface area contributed by atoms with Crippen LogP contribution < -0.4 is 10.6 Å². The molecule has 3 atom stereocenters. The summed E-state index contributed by atoms with van der Waals surface area (Å²) in [6.45, 7) is 3.74. The van der Waals surface area contributed by atoms with Crippen molar-refractivity contribution in [2.45, 2.75) is 57.1 Å². The van der Waals surface area contributed by atoms with Gasteiger partial charge in [-0.25, -0.2) is 4.98 Å². The third-order valence-electron chi connectivity index (χ3n) is 6.33. The van der Waals surface area contributed by atoms with Crippen LogP contribution in [0.25, 0.3) is 0 Å². The Morgan fingerprint density at radius 2 is 1.83 bits per heavy atom. The van der Waals surface area contributed by atoms with Gasteiger partial charge in [-0.2, -0.15) is 0 Å². The average molecular weight is 567 g/mol. The van der Waals surface area contributed by atoms with E-state index in [2.05, 4.69) is 20.6 Å². The maximum absolute atomic E-state index is 13.7. The molecule has 13 nitrogen and oxygen atoms in total. The molecular formula is C27H34BN5O8. The molecule has 1 aliphatic heterocycles. The summed E-state index contributed by atoms with van der Waals surface area (Å²) < 4.78 is 11.4. The van der Waals surface area contributed by atoms with E-state index < -0.39 is 67.2 Å². The molecule has 1 aliphatic rings. The van der Waals surface area contributed by atoms with E-state index in [-0.39, 0.29) is 24.5 Å². The van der Waals surface area contributed by atoms with Crippen LogP contribution in [0, 0.1) is 5.92 Å². The Balaban J connectivity index is 1.90. The first-order valence-electron chi connectivity index (χ1n) is 13.1. The van der Waals surface area contributed by atoms with Crippen molar-refractivity contribution < 1.29 is 38.4 Å². The van der Waals surface area contributed by atoms with Gasteiger partial charge in [0, 0.05) is 32.9 Å². The van der Waals surface area contributed by atoms with Gasteiger partial charge in [0.25, 0.3) is 17.8 Å². The molecule has 14 heteroatoms. The van der Waals surface area contributed by atoms with Crippen molar-refractivity contribution in [1.82, 2.24) is 25.5 Å². The van der Waals surface area contributed by atoms with Crippen LogP contribution in [0.15, 0.2) is 48.9 Å². The molecule has 0 bridgehead atoms. The zero-order valence-electron chi connectivity index (χ0n) is 23.4. The van der Waals surface area contributed by atoms with Gasteiger partial charge in [0.05, 0.1) is 25.0 Å². The number of nitrogens with zero attached hydrogens (tertiary/aromatic N) is 3. The number of carboxylic acid groups (broad SMARTS) is 1. The monoisotopic (exact) mass is 567 g/mol. The highest BCUT2D eigenvalue weighted by Crippen LogP contribution is 2.31. The van der Waals surface area contributed by atoms with Gasteiger partial charge < -0.3 is 29.9 Å². The van der Waals surface area contributed by atoms with Gasteiger partial charge >= 0.3 is 13.1 Å². The normalized spacial score (nSPS) is 18.2. The van der Waals surface area contributed by atoms with Crippen LogP contribution in [0.3, 0.4) is 0 Å². The number of aliphatic carboxylic acids is 1. The second kappa shape index (κ2) is 13.8. The lowest BCUT2D eigenvalue weighted by molar-refractivity contribution is -0.169. The Hall–Kier alpha value is -4.33. The summed E-state index contributed by atoms with van der Waals surface area (Å²) in [7, 11) is 1.39. The Morgan fingerprint density at radius 3 is 2.41 bits per heavy atom. The molecule has 1 aromatic carbocycles. The molecule has 3 rings (SSSR count). The quantitative estimate of drug-likeness (QED) is 0.309. The van der Waals surface area contributed by atoms with Crippen molar-refractivity contribution in [2.24, 2.45) is 5.92 Å². The van der Waals surface area contributed by atoms with E-state index in [9.17, 15) is 29.1 Å². The van der Waals surface area contributed by atoms with Crippen molar-refractivity contribution >= 4 is 36.8 Å². The van der Waals surface area contributed by atoms with E-state index in [1.165, 1.54) is 32.7 Å². The zero-order valence-corrected chi connectivity index (χ0v) is 23.4. The number of carbonyl (C=O) groups is 5. The van der Waals surface area contributed by atoms with Crippen LogP contribution in [0.5, 0.6) is 0 Å². The topological polar surface area (TPSA) is 177 Å². The third kappa shape index (κ3) is 8.58. The summed E-state index contributed by atoms with van der Waals surface area (Å²) in [5, 5.41) is 15.0. The van der Waals surface area contributed by atoms with Crippen LogP contribution in [0.1, 0.15) is 49.2 Å². The number of hydrogen-bond acceptors (Lipinski definition) is 9. The minimum atomic E-state index is -2.01. The van der Waals surface area contributed by atoms with E-state index in [0.717, 1.165) is 10.5 Å². The first kappa shape index (κ1) is 31.2. The molecule has 2 heterocycles. The summed E-state index contributed by atoms with van der Waals surface area (Å²) in [5.74, 6) is -5.12. The van der Waals surface area contributed by atoms with Crippen LogP contribution >= 0.6 is 0 Å². The molecule has 1 fully saturated rings. The van der Waals surface area contributed by atoms with Crippen LogP contribution in [-0.4, -0.2) is 88.4 Å². The molecule has 0 saturated carbocycles. The summed E-state index contributed by atoms with van der Waals surface area (Å²) >= 11 is 0. The fraction of sp³-hybridized carbons (Fsp3) is 0.444. The molecule has 3 amide bonds. The number of carbonyl (C=O) groups excluding carboxylic acids is 4. The number of rotatable bonds is 12. The maximum atomic E-state index is 13.7. The highest BCUT2D eigenvalue weighted by molar-refractivity contribution is 6.50. The minimum Gasteiger partial charge on any atom is -0.508 e. The molecule has 1 saturated heterocycles. The molecule has 0 aliphatic carbocycles. The third-order valence-corrected chi connectivity index (χ3v) is 6.33. The molecule has 1 aromatic heterocycles. The van der Waals surface area contributed by atoms with E-state index >= 15 is 0 Å². The highest BCUT2D eigenvalue weighted by Gasteiger charge is 2.55. The molecule has 0 spiro atoms. The van der Waals surface area contributed by atoms with Crippen molar-refractivity contribution in [1.29, 1.82) is 0 Å². The summed E-state index contributed by atoms with van der Waals surface area (Å²) in [5.41, 5.74) is -1.23. The number of aromatic nitrogens is 2. The Kier molecular flexibility index (Phi) is 10.5. The predicted molar refractivity (Wildman–Crippen MR) is 146 cm³/mol. The van der Waals surface area contributed by atoms with E-state index in [1.807, 2.05) is 19.9 Å². The lowest BCUT2D eigenvalue weighted by atomic mass is 9.70. The van der Waals surface area contributed by atoms with Gasteiger partial charge in [0.1, 0.15) is 11.7 Å². The summed E-state index contributed by atoms with van der Waals surface area (Å²) in [6, 6.07) is 7.96. The Bertz CT molecular complexity index is 1240. The molecular weight excluding hydrogens is 533 g/mol.